The summed E-state index contributed by atoms with van der Waals surface area (Å²) in [5.74, 6) is -0.0428. The van der Waals surface area contributed by atoms with Crippen molar-refractivity contribution in [2.24, 2.45) is 5.10 Å². The predicted octanol–water partition coefficient (Wildman–Crippen LogP) is 4.04. The first-order valence-electron chi connectivity index (χ1n) is 7.10. The zero-order chi connectivity index (χ0) is 17.8. The van der Waals surface area contributed by atoms with Crippen LogP contribution in [0.1, 0.15) is 5.56 Å². The molecule has 3 aromatic rings. The molecular formula is C16H12Br2N4O2S. The number of nitrogens with one attached hydrogen (secondary N) is 2. The molecule has 2 aromatic carbocycles. The maximum Gasteiger partial charge on any atom is 0.250 e. The number of H-pyrrole nitrogens is 1. The monoisotopic (exact) mass is 482 g/mol. The molecule has 128 valence electrons. The molecule has 25 heavy (non-hydrogen) atoms. The molecule has 1 amide bonds. The smallest absolute Gasteiger partial charge is 0.250 e. The number of rotatable bonds is 5. The average molecular weight is 484 g/mol. The van der Waals surface area contributed by atoms with E-state index in [4.69, 9.17) is 0 Å². The molecular weight excluding hydrogens is 472 g/mol. The number of imidazole rings is 1. The van der Waals surface area contributed by atoms with Gasteiger partial charge < -0.3 is 10.1 Å². The molecule has 1 heterocycles. The number of nitrogens with zero attached hydrogens (tertiary/aromatic N) is 2. The Morgan fingerprint density at radius 1 is 1.36 bits per heavy atom. The molecule has 0 unspecified atom stereocenters. The van der Waals surface area contributed by atoms with Crippen LogP contribution in [-0.2, 0) is 4.79 Å². The van der Waals surface area contributed by atoms with Crippen molar-refractivity contribution >= 4 is 66.8 Å². The van der Waals surface area contributed by atoms with Gasteiger partial charge in [0, 0.05) is 10.0 Å². The van der Waals surface area contributed by atoms with Crippen LogP contribution in [0.5, 0.6) is 5.75 Å². The number of hydrogen-bond acceptors (Lipinski definition) is 5. The molecule has 0 saturated carbocycles. The molecule has 0 aliphatic heterocycles. The van der Waals surface area contributed by atoms with Crippen LogP contribution in [-0.4, -0.2) is 32.9 Å². The largest absolute Gasteiger partial charge is 0.506 e. The number of fused-ring (bicyclic) bond motifs is 1. The van der Waals surface area contributed by atoms with E-state index in [9.17, 15) is 9.90 Å². The number of carbonyl (C=O) groups excluding carboxylic acids is 1. The highest BCUT2D eigenvalue weighted by Crippen LogP contribution is 2.30. The Morgan fingerprint density at radius 2 is 2.16 bits per heavy atom. The van der Waals surface area contributed by atoms with Crippen LogP contribution in [0.25, 0.3) is 11.0 Å². The molecule has 0 aliphatic rings. The van der Waals surface area contributed by atoms with Crippen LogP contribution in [0.15, 0.2) is 55.6 Å². The Hall–Kier alpha value is -1.84. The van der Waals surface area contributed by atoms with Gasteiger partial charge in [0.2, 0.25) is 0 Å². The summed E-state index contributed by atoms with van der Waals surface area (Å²) in [6.07, 6.45) is 1.38. The fraction of sp³-hybridized carbons (Fsp3) is 0.0625. The van der Waals surface area contributed by atoms with Gasteiger partial charge in [-0.2, -0.15) is 5.10 Å². The number of amides is 1. The van der Waals surface area contributed by atoms with Crippen molar-refractivity contribution in [2.45, 2.75) is 5.16 Å². The second-order valence-electron chi connectivity index (χ2n) is 4.97. The minimum atomic E-state index is -0.268. The molecule has 0 saturated heterocycles. The van der Waals surface area contributed by atoms with Crippen LogP contribution >= 0.6 is 43.6 Å². The summed E-state index contributed by atoms with van der Waals surface area (Å²) in [6.45, 7) is 0. The van der Waals surface area contributed by atoms with Gasteiger partial charge in [0.15, 0.2) is 5.16 Å². The van der Waals surface area contributed by atoms with Gasteiger partial charge in [0.1, 0.15) is 5.75 Å². The maximum absolute atomic E-state index is 11.9. The summed E-state index contributed by atoms with van der Waals surface area (Å²) < 4.78 is 1.32. The number of aromatic nitrogens is 2. The number of aromatic amines is 1. The summed E-state index contributed by atoms with van der Waals surface area (Å²) in [4.78, 5) is 19.4. The van der Waals surface area contributed by atoms with Crippen LogP contribution in [0.2, 0.25) is 0 Å². The minimum Gasteiger partial charge on any atom is -0.506 e. The van der Waals surface area contributed by atoms with Gasteiger partial charge in [-0.1, -0.05) is 39.8 Å². The summed E-state index contributed by atoms with van der Waals surface area (Å²) in [5.41, 5.74) is 4.70. The van der Waals surface area contributed by atoms with Crippen molar-refractivity contribution in [3.8, 4) is 5.75 Å². The lowest BCUT2D eigenvalue weighted by atomic mass is 10.2. The lowest BCUT2D eigenvalue weighted by molar-refractivity contribution is -0.118. The molecule has 3 N–H and O–H groups in total. The zero-order valence-corrected chi connectivity index (χ0v) is 16.7. The second kappa shape index (κ2) is 8.03. The van der Waals surface area contributed by atoms with E-state index in [0.29, 0.717) is 15.2 Å². The van der Waals surface area contributed by atoms with Gasteiger partial charge in [-0.3, -0.25) is 4.79 Å². The van der Waals surface area contributed by atoms with Crippen molar-refractivity contribution in [2.75, 3.05) is 5.75 Å². The highest BCUT2D eigenvalue weighted by atomic mass is 79.9. The van der Waals surface area contributed by atoms with E-state index in [2.05, 4.69) is 52.4 Å². The molecule has 9 heteroatoms. The quantitative estimate of drug-likeness (QED) is 0.290. The number of hydrogen-bond donors (Lipinski definition) is 3. The van der Waals surface area contributed by atoms with Crippen LogP contribution in [0, 0.1) is 0 Å². The minimum absolute atomic E-state index is 0.0536. The number of benzene rings is 2. The van der Waals surface area contributed by atoms with E-state index < -0.39 is 0 Å². The van der Waals surface area contributed by atoms with Crippen molar-refractivity contribution < 1.29 is 9.90 Å². The van der Waals surface area contributed by atoms with Crippen molar-refractivity contribution in [1.82, 2.24) is 15.4 Å². The van der Waals surface area contributed by atoms with Crippen molar-refractivity contribution in [1.29, 1.82) is 0 Å². The average Bonchev–Trinajstić information content (AvgIpc) is 3.00. The molecule has 1 aromatic heterocycles. The van der Waals surface area contributed by atoms with Gasteiger partial charge >= 0.3 is 0 Å². The Balaban J connectivity index is 1.56. The van der Waals surface area contributed by atoms with Crippen LogP contribution in [0.4, 0.5) is 0 Å². The first kappa shape index (κ1) is 18.0. The number of thioether (sulfide) groups is 1. The second-order valence-corrected chi connectivity index (χ2v) is 7.70. The van der Waals surface area contributed by atoms with Gasteiger partial charge in [0.25, 0.3) is 5.91 Å². The Morgan fingerprint density at radius 3 is 2.96 bits per heavy atom. The predicted molar refractivity (Wildman–Crippen MR) is 106 cm³/mol. The fourth-order valence-electron chi connectivity index (χ4n) is 2.02. The van der Waals surface area contributed by atoms with E-state index in [1.54, 1.807) is 12.1 Å². The highest BCUT2D eigenvalue weighted by Gasteiger charge is 2.07. The SMILES string of the molecule is O=C(CSc1nc2ccccc2[nH]1)N/N=C\c1cc(Br)cc(Br)c1O. The molecule has 0 bridgehead atoms. The Kier molecular flexibility index (Phi) is 5.77. The van der Waals surface area contributed by atoms with Gasteiger partial charge in [-0.05, 0) is 40.2 Å². The lowest BCUT2D eigenvalue weighted by Crippen LogP contribution is -2.19. The number of para-hydroxylation sites is 2. The van der Waals surface area contributed by atoms with Gasteiger partial charge in [-0.25, -0.2) is 10.4 Å². The molecule has 0 aliphatic carbocycles. The number of aromatic hydroxyl groups is 1. The van der Waals surface area contributed by atoms with Crippen LogP contribution < -0.4 is 5.43 Å². The number of carbonyl (C=O) groups is 1. The van der Waals surface area contributed by atoms with E-state index >= 15 is 0 Å². The number of phenolic OH excluding ortho intramolecular Hbond substituents is 1. The van der Waals surface area contributed by atoms with Gasteiger partial charge in [-0.15, -0.1) is 0 Å². The van der Waals surface area contributed by atoms with Crippen molar-refractivity contribution in [3.05, 3.63) is 50.9 Å². The third-order valence-electron chi connectivity index (χ3n) is 3.16. The molecule has 0 spiro atoms. The summed E-state index contributed by atoms with van der Waals surface area (Å²) in [7, 11) is 0. The third kappa shape index (κ3) is 4.62. The number of hydrazone groups is 1. The third-order valence-corrected chi connectivity index (χ3v) is 5.09. The highest BCUT2D eigenvalue weighted by molar-refractivity contribution is 9.11. The topological polar surface area (TPSA) is 90.4 Å². The van der Waals surface area contributed by atoms with Gasteiger partial charge in [0.05, 0.1) is 27.5 Å². The Bertz CT molecular complexity index is 925. The fourth-order valence-corrected chi connectivity index (χ4v) is 3.96. The number of halogens is 2. The zero-order valence-electron chi connectivity index (χ0n) is 12.7. The standard InChI is InChI=1S/C16H12Br2N4O2S/c17-10-5-9(15(24)11(18)6-10)7-19-22-14(23)8-25-16-20-12-3-1-2-4-13(12)21-16/h1-7,24H,8H2,(H,20,21)(H,22,23)/b19-7-. The molecule has 6 nitrogen and oxygen atoms in total. The van der Waals surface area contributed by atoms with E-state index in [0.717, 1.165) is 15.5 Å². The molecule has 0 radical (unpaired) electrons. The van der Waals surface area contributed by atoms with E-state index in [1.807, 2.05) is 24.3 Å². The van der Waals surface area contributed by atoms with Crippen LogP contribution in [0.3, 0.4) is 0 Å². The Labute approximate surface area is 164 Å². The summed E-state index contributed by atoms with van der Waals surface area (Å²) in [6, 6.07) is 11.1. The lowest BCUT2D eigenvalue weighted by Gasteiger charge is -2.03. The molecule has 0 atom stereocenters. The first-order chi connectivity index (χ1) is 12.0. The van der Waals surface area contributed by atoms with E-state index in [1.165, 1.54) is 18.0 Å². The first-order valence-corrected chi connectivity index (χ1v) is 9.67. The number of phenols is 1. The summed E-state index contributed by atoms with van der Waals surface area (Å²) >= 11 is 7.86. The molecule has 0 fully saturated rings. The normalized spacial score (nSPS) is 11.3. The maximum atomic E-state index is 11.9. The van der Waals surface area contributed by atoms with Crippen molar-refractivity contribution in [3.63, 3.8) is 0 Å². The molecule has 3 rings (SSSR count). The summed E-state index contributed by atoms with van der Waals surface area (Å²) in [5, 5.41) is 14.5. The van der Waals surface area contributed by atoms with E-state index in [-0.39, 0.29) is 17.4 Å².